The summed E-state index contributed by atoms with van der Waals surface area (Å²) >= 11 is 0. The zero-order valence-electron chi connectivity index (χ0n) is 14.2. The summed E-state index contributed by atoms with van der Waals surface area (Å²) in [6, 6.07) is 6.15. The first-order chi connectivity index (χ1) is 10.4. The van der Waals surface area contributed by atoms with E-state index in [0.29, 0.717) is 5.92 Å². The first kappa shape index (κ1) is 15.4. The molecule has 0 radical (unpaired) electrons. The molecule has 3 nitrogen and oxygen atoms in total. The number of likely N-dealkylation sites (tertiary alicyclic amines) is 1. The number of carbonyl (C=O) groups excluding carboxylic acids is 1. The average Bonchev–Trinajstić information content (AvgIpc) is 2.35. The number of amides is 1. The summed E-state index contributed by atoms with van der Waals surface area (Å²) in [5, 5.41) is 0. The maximum atomic E-state index is 12.6. The number of rotatable bonds is 4. The van der Waals surface area contributed by atoms with E-state index in [1.165, 1.54) is 36.8 Å². The lowest BCUT2D eigenvalue weighted by Gasteiger charge is -2.59. The minimum Gasteiger partial charge on any atom is -0.481 e. The molecule has 1 amide bonds. The lowest BCUT2D eigenvalue weighted by atomic mass is 9.67. The molecule has 0 unspecified atom stereocenters. The second-order valence-corrected chi connectivity index (χ2v) is 7.25. The molecule has 22 heavy (non-hydrogen) atoms. The molecule has 3 heteroatoms. The largest absolute Gasteiger partial charge is 0.481 e. The fraction of sp³-hybridized carbons (Fsp3) is 0.632. The molecule has 1 atom stereocenters. The third kappa shape index (κ3) is 2.51. The summed E-state index contributed by atoms with van der Waals surface area (Å²) in [5.74, 6) is 1.45. The summed E-state index contributed by atoms with van der Waals surface area (Å²) in [6.45, 7) is 9.26. The second kappa shape index (κ2) is 5.60. The molecular weight excluding hydrogens is 274 g/mol. The predicted octanol–water partition coefficient (Wildman–Crippen LogP) is 4.04. The molecule has 1 spiro atoms. The molecule has 120 valence electrons. The van der Waals surface area contributed by atoms with E-state index in [-0.39, 0.29) is 11.4 Å². The molecule has 0 N–H and O–H groups in total. The van der Waals surface area contributed by atoms with Crippen molar-refractivity contribution in [2.75, 3.05) is 6.54 Å². The van der Waals surface area contributed by atoms with Gasteiger partial charge in [0.05, 0.1) is 0 Å². The van der Waals surface area contributed by atoms with Crippen LogP contribution in [0, 0.1) is 6.92 Å². The second-order valence-electron chi connectivity index (χ2n) is 7.25. The molecule has 0 bridgehead atoms. The van der Waals surface area contributed by atoms with Gasteiger partial charge in [-0.15, -0.1) is 0 Å². The molecule has 2 fully saturated rings. The van der Waals surface area contributed by atoms with Crippen LogP contribution in [-0.4, -0.2) is 29.0 Å². The first-order valence-corrected chi connectivity index (χ1v) is 8.52. The molecule has 1 heterocycles. The summed E-state index contributed by atoms with van der Waals surface area (Å²) in [6.07, 6.45) is 4.38. The van der Waals surface area contributed by atoms with Crippen LogP contribution in [0.3, 0.4) is 0 Å². The molecule has 1 saturated heterocycles. The van der Waals surface area contributed by atoms with Crippen molar-refractivity contribution in [3.05, 3.63) is 29.3 Å². The topological polar surface area (TPSA) is 29.5 Å². The zero-order valence-corrected chi connectivity index (χ0v) is 14.2. The highest BCUT2D eigenvalue weighted by Crippen LogP contribution is 2.47. The van der Waals surface area contributed by atoms with E-state index >= 15 is 0 Å². The van der Waals surface area contributed by atoms with E-state index in [1.807, 2.05) is 19.1 Å². The van der Waals surface area contributed by atoms with Crippen LogP contribution in [0.1, 0.15) is 63.5 Å². The average molecular weight is 301 g/mol. The van der Waals surface area contributed by atoms with E-state index in [2.05, 4.69) is 31.7 Å². The number of ether oxygens (including phenoxy) is 1. The van der Waals surface area contributed by atoms with Crippen LogP contribution in [0.25, 0.3) is 0 Å². The van der Waals surface area contributed by atoms with Gasteiger partial charge in [-0.3, -0.25) is 4.79 Å². The Labute approximate surface area is 133 Å². The quantitative estimate of drug-likeness (QED) is 0.840. The Morgan fingerprint density at radius 2 is 1.95 bits per heavy atom. The SMILES string of the molecule is Cc1cc(O[C@H](C)C(=O)N2CCC23CCC3)ccc1C(C)C. The molecule has 0 aromatic heterocycles. The normalized spacial score (nSPS) is 20.5. The number of aryl methyl sites for hydroxylation is 1. The van der Waals surface area contributed by atoms with Crippen molar-refractivity contribution in [3.63, 3.8) is 0 Å². The lowest BCUT2D eigenvalue weighted by molar-refractivity contribution is -0.162. The van der Waals surface area contributed by atoms with Crippen LogP contribution < -0.4 is 4.74 Å². The van der Waals surface area contributed by atoms with E-state index in [4.69, 9.17) is 4.74 Å². The Bertz CT molecular complexity index is 569. The summed E-state index contributed by atoms with van der Waals surface area (Å²) in [5.41, 5.74) is 2.76. The van der Waals surface area contributed by atoms with Gasteiger partial charge in [-0.1, -0.05) is 19.9 Å². The van der Waals surface area contributed by atoms with Gasteiger partial charge in [0, 0.05) is 12.1 Å². The van der Waals surface area contributed by atoms with Gasteiger partial charge in [0.15, 0.2) is 6.10 Å². The molecule has 1 saturated carbocycles. The van der Waals surface area contributed by atoms with Gasteiger partial charge in [-0.2, -0.15) is 0 Å². The summed E-state index contributed by atoms with van der Waals surface area (Å²) in [7, 11) is 0. The minimum atomic E-state index is -0.401. The number of carbonyl (C=O) groups is 1. The summed E-state index contributed by atoms with van der Waals surface area (Å²) in [4.78, 5) is 14.7. The smallest absolute Gasteiger partial charge is 0.263 e. The van der Waals surface area contributed by atoms with Gasteiger partial charge >= 0.3 is 0 Å². The third-order valence-electron chi connectivity index (χ3n) is 5.45. The first-order valence-electron chi connectivity index (χ1n) is 8.52. The number of hydrogen-bond acceptors (Lipinski definition) is 2. The Morgan fingerprint density at radius 3 is 2.41 bits per heavy atom. The van der Waals surface area contributed by atoms with Gasteiger partial charge in [-0.05, 0) is 68.7 Å². The predicted molar refractivity (Wildman–Crippen MR) is 88.3 cm³/mol. The van der Waals surface area contributed by atoms with E-state index in [9.17, 15) is 4.79 Å². The van der Waals surface area contributed by atoms with Crippen molar-refractivity contribution in [1.29, 1.82) is 0 Å². The maximum absolute atomic E-state index is 12.6. The van der Waals surface area contributed by atoms with Crippen molar-refractivity contribution >= 4 is 5.91 Å². The van der Waals surface area contributed by atoms with Gasteiger partial charge < -0.3 is 9.64 Å². The highest BCUT2D eigenvalue weighted by atomic mass is 16.5. The van der Waals surface area contributed by atoms with Crippen molar-refractivity contribution < 1.29 is 9.53 Å². The van der Waals surface area contributed by atoms with Crippen LogP contribution in [0.15, 0.2) is 18.2 Å². The van der Waals surface area contributed by atoms with Gasteiger partial charge in [0.1, 0.15) is 5.75 Å². The highest BCUT2D eigenvalue weighted by molar-refractivity contribution is 5.82. The summed E-state index contributed by atoms with van der Waals surface area (Å²) < 4.78 is 5.92. The van der Waals surface area contributed by atoms with Crippen LogP contribution >= 0.6 is 0 Å². The van der Waals surface area contributed by atoms with Crippen molar-refractivity contribution in [1.82, 2.24) is 4.90 Å². The minimum absolute atomic E-state index is 0.150. The molecule has 3 rings (SSSR count). The molecule has 2 aliphatic rings. The van der Waals surface area contributed by atoms with E-state index < -0.39 is 6.10 Å². The van der Waals surface area contributed by atoms with Crippen molar-refractivity contribution in [2.24, 2.45) is 0 Å². The Kier molecular flexibility index (Phi) is 3.92. The molecule has 1 aromatic carbocycles. The Balaban J connectivity index is 1.65. The monoisotopic (exact) mass is 301 g/mol. The van der Waals surface area contributed by atoms with Crippen LogP contribution in [0.4, 0.5) is 0 Å². The van der Waals surface area contributed by atoms with Gasteiger partial charge in [0.2, 0.25) is 0 Å². The third-order valence-corrected chi connectivity index (χ3v) is 5.45. The molecule has 1 aliphatic heterocycles. The van der Waals surface area contributed by atoms with Crippen LogP contribution in [0.5, 0.6) is 5.75 Å². The van der Waals surface area contributed by atoms with Crippen molar-refractivity contribution in [2.45, 2.75) is 70.9 Å². The van der Waals surface area contributed by atoms with Crippen LogP contribution in [0.2, 0.25) is 0 Å². The Morgan fingerprint density at radius 1 is 1.23 bits per heavy atom. The highest BCUT2D eigenvalue weighted by Gasteiger charge is 2.52. The fourth-order valence-corrected chi connectivity index (χ4v) is 3.83. The van der Waals surface area contributed by atoms with Gasteiger partial charge in [-0.25, -0.2) is 0 Å². The fourth-order valence-electron chi connectivity index (χ4n) is 3.83. The number of benzene rings is 1. The van der Waals surface area contributed by atoms with E-state index in [0.717, 1.165) is 12.3 Å². The standard InChI is InChI=1S/C19H27NO2/c1-13(2)17-7-6-16(12-14(17)3)22-15(4)18(21)20-11-10-19(20)8-5-9-19/h6-7,12-13,15H,5,8-11H2,1-4H3/t15-/m1/s1. The lowest BCUT2D eigenvalue weighted by Crippen LogP contribution is -2.67. The molecule has 1 aliphatic carbocycles. The Hall–Kier alpha value is -1.51. The molecule has 1 aromatic rings. The van der Waals surface area contributed by atoms with Gasteiger partial charge in [0.25, 0.3) is 5.91 Å². The number of nitrogens with zero attached hydrogens (tertiary/aromatic N) is 1. The zero-order chi connectivity index (χ0) is 15.9. The molecular formula is C19H27NO2. The maximum Gasteiger partial charge on any atom is 0.263 e. The van der Waals surface area contributed by atoms with Crippen molar-refractivity contribution in [3.8, 4) is 5.75 Å². The number of hydrogen-bond donors (Lipinski definition) is 0. The van der Waals surface area contributed by atoms with Crippen LogP contribution in [-0.2, 0) is 4.79 Å². The van der Waals surface area contributed by atoms with E-state index in [1.54, 1.807) is 0 Å².